The Morgan fingerprint density at radius 2 is 1.97 bits per heavy atom. The Morgan fingerprint density at radius 3 is 2.79 bits per heavy atom. The lowest BCUT2D eigenvalue weighted by Gasteiger charge is -2.26. The molecule has 0 saturated carbocycles. The summed E-state index contributed by atoms with van der Waals surface area (Å²) in [5, 5.41) is 24.5. The number of carbonyl (C=O) groups excluding carboxylic acids is 1. The van der Waals surface area contributed by atoms with Gasteiger partial charge in [-0.1, -0.05) is 0 Å². The monoisotopic (exact) mass is 459 g/mol. The van der Waals surface area contributed by atoms with Crippen LogP contribution in [0, 0.1) is 0 Å². The van der Waals surface area contributed by atoms with Crippen LogP contribution in [0.4, 0.5) is 5.69 Å². The van der Waals surface area contributed by atoms with Gasteiger partial charge in [0, 0.05) is 47.9 Å². The molecule has 0 saturated heterocycles. The molecule has 5 aromatic rings. The Morgan fingerprint density at radius 1 is 1.09 bits per heavy atom. The van der Waals surface area contributed by atoms with Crippen molar-refractivity contribution in [3.8, 4) is 22.6 Å². The van der Waals surface area contributed by atoms with Crippen molar-refractivity contribution in [1.29, 1.82) is 0 Å². The Bertz CT molecular complexity index is 1580. The molecule has 0 radical (unpaired) electrons. The van der Waals surface area contributed by atoms with Gasteiger partial charge in [-0.2, -0.15) is 5.10 Å². The van der Waals surface area contributed by atoms with E-state index >= 15 is 0 Å². The lowest BCUT2D eigenvalue weighted by Crippen LogP contribution is -2.35. The molecule has 0 fully saturated rings. The van der Waals surface area contributed by atoms with E-state index in [0.29, 0.717) is 22.2 Å². The van der Waals surface area contributed by atoms with E-state index in [1.807, 2.05) is 37.6 Å². The standard InChI is InChI=1S/C22H17N7O3S/c1-27-9-13(7-24-27)12-5-18(30)21-25-26-22(29(21)10-12)33-14-3-4-16-15(6-14)20-17(8-23-16)28(2)19(31)11-32-20/h3-10,30H,11H2,1-2H3. The second kappa shape index (κ2) is 7.20. The molecule has 1 aliphatic rings. The maximum Gasteiger partial charge on any atom is 0.264 e. The maximum absolute atomic E-state index is 12.0. The minimum atomic E-state index is -0.117. The second-order valence-corrected chi connectivity index (χ2v) is 8.73. The third-order valence-corrected chi connectivity index (χ3v) is 6.50. The molecular weight excluding hydrogens is 442 g/mol. The number of pyridine rings is 2. The molecule has 1 aliphatic heterocycles. The number of hydrogen-bond donors (Lipinski definition) is 1. The number of hydrogen-bond acceptors (Lipinski definition) is 8. The first kappa shape index (κ1) is 19.6. The number of aromatic hydroxyl groups is 1. The van der Waals surface area contributed by atoms with Gasteiger partial charge in [0.25, 0.3) is 5.91 Å². The molecule has 5 heterocycles. The van der Waals surface area contributed by atoms with Crippen LogP contribution in [0.3, 0.4) is 0 Å². The minimum absolute atomic E-state index is 0.00873. The Hall–Kier alpha value is -4.12. The van der Waals surface area contributed by atoms with Gasteiger partial charge in [-0.25, -0.2) is 0 Å². The number of carbonyl (C=O) groups is 1. The molecule has 0 unspecified atom stereocenters. The zero-order valence-corrected chi connectivity index (χ0v) is 18.4. The molecule has 0 bridgehead atoms. The lowest BCUT2D eigenvalue weighted by molar-refractivity contribution is -0.120. The molecule has 0 aliphatic carbocycles. The average molecular weight is 459 g/mol. The number of rotatable bonds is 3. The molecular formula is C22H17N7O3S. The van der Waals surface area contributed by atoms with Crippen LogP contribution in [0.5, 0.6) is 11.5 Å². The summed E-state index contributed by atoms with van der Waals surface area (Å²) in [5.41, 5.74) is 3.45. The Kier molecular flexibility index (Phi) is 4.27. The van der Waals surface area contributed by atoms with Gasteiger partial charge in [0.05, 0.1) is 17.9 Å². The van der Waals surface area contributed by atoms with Crippen LogP contribution < -0.4 is 9.64 Å². The fourth-order valence-corrected chi connectivity index (χ4v) is 4.66. The number of anilines is 1. The lowest BCUT2D eigenvalue weighted by atomic mass is 10.1. The van der Waals surface area contributed by atoms with Gasteiger partial charge in [0.1, 0.15) is 5.69 Å². The molecule has 164 valence electrons. The van der Waals surface area contributed by atoms with Crippen molar-refractivity contribution in [3.05, 3.63) is 49.1 Å². The normalized spacial score (nSPS) is 13.5. The van der Waals surface area contributed by atoms with Crippen molar-refractivity contribution in [2.24, 2.45) is 7.05 Å². The van der Waals surface area contributed by atoms with E-state index in [1.54, 1.807) is 39.5 Å². The molecule has 0 spiro atoms. The predicted molar refractivity (Wildman–Crippen MR) is 122 cm³/mol. The summed E-state index contributed by atoms with van der Waals surface area (Å²) in [6.45, 7) is -0.00873. The van der Waals surface area contributed by atoms with Crippen molar-refractivity contribution >= 4 is 39.9 Å². The molecule has 4 aromatic heterocycles. The van der Waals surface area contributed by atoms with Gasteiger partial charge in [0.2, 0.25) is 10.8 Å². The van der Waals surface area contributed by atoms with Crippen molar-refractivity contribution in [2.75, 3.05) is 18.6 Å². The van der Waals surface area contributed by atoms with Crippen LogP contribution in [0.25, 0.3) is 27.7 Å². The number of likely N-dealkylation sites (N-methyl/N-ethyl adjacent to an activating group) is 1. The van der Waals surface area contributed by atoms with Crippen molar-refractivity contribution in [2.45, 2.75) is 10.1 Å². The summed E-state index contributed by atoms with van der Waals surface area (Å²) < 4.78 is 9.21. The van der Waals surface area contributed by atoms with Crippen LogP contribution in [0.15, 0.2) is 59.1 Å². The highest BCUT2D eigenvalue weighted by molar-refractivity contribution is 7.99. The number of aromatic nitrogens is 6. The van der Waals surface area contributed by atoms with Gasteiger partial charge in [-0.05, 0) is 36.0 Å². The van der Waals surface area contributed by atoms with E-state index in [9.17, 15) is 9.90 Å². The number of fused-ring (bicyclic) bond motifs is 4. The van der Waals surface area contributed by atoms with Gasteiger partial charge >= 0.3 is 0 Å². The van der Waals surface area contributed by atoms with Crippen molar-refractivity contribution in [3.63, 3.8) is 0 Å². The van der Waals surface area contributed by atoms with Gasteiger partial charge in [-0.3, -0.25) is 18.9 Å². The summed E-state index contributed by atoms with van der Waals surface area (Å²) >= 11 is 1.40. The summed E-state index contributed by atoms with van der Waals surface area (Å²) in [6, 6.07) is 7.45. The summed E-state index contributed by atoms with van der Waals surface area (Å²) in [6.07, 6.45) is 7.14. The Balaban J connectivity index is 1.43. The zero-order valence-electron chi connectivity index (χ0n) is 17.6. The second-order valence-electron chi connectivity index (χ2n) is 7.69. The number of ether oxygens (including phenoxy) is 1. The highest BCUT2D eigenvalue weighted by atomic mass is 32.2. The number of benzene rings is 1. The van der Waals surface area contributed by atoms with E-state index in [1.165, 1.54) is 11.8 Å². The van der Waals surface area contributed by atoms with Crippen LogP contribution in [0.2, 0.25) is 0 Å². The molecule has 6 rings (SSSR count). The van der Waals surface area contributed by atoms with E-state index in [4.69, 9.17) is 4.74 Å². The van der Waals surface area contributed by atoms with E-state index in [-0.39, 0.29) is 18.3 Å². The highest BCUT2D eigenvalue weighted by Crippen LogP contribution is 2.39. The smallest absolute Gasteiger partial charge is 0.264 e. The van der Waals surface area contributed by atoms with Gasteiger partial charge in [-0.15, -0.1) is 10.2 Å². The largest absolute Gasteiger partial charge is 0.504 e. The predicted octanol–water partition coefficient (Wildman–Crippen LogP) is 2.89. The Labute approximate surface area is 191 Å². The SMILES string of the molecule is CN1C(=O)COc2c1cnc1ccc(Sc3nnc4c(O)cc(-c5cnn(C)c5)cn34)cc21. The van der Waals surface area contributed by atoms with Crippen molar-refractivity contribution < 1.29 is 14.6 Å². The third-order valence-electron chi connectivity index (χ3n) is 5.55. The van der Waals surface area contributed by atoms with Crippen LogP contribution in [0.1, 0.15) is 0 Å². The number of nitrogens with zero attached hydrogens (tertiary/aromatic N) is 7. The topological polar surface area (TPSA) is 111 Å². The highest BCUT2D eigenvalue weighted by Gasteiger charge is 2.25. The molecule has 33 heavy (non-hydrogen) atoms. The first-order chi connectivity index (χ1) is 16.0. The summed E-state index contributed by atoms with van der Waals surface area (Å²) in [5.74, 6) is 0.550. The van der Waals surface area contributed by atoms with Crippen LogP contribution in [-0.4, -0.2) is 54.0 Å². The van der Waals surface area contributed by atoms with Gasteiger partial charge < -0.3 is 14.7 Å². The van der Waals surface area contributed by atoms with E-state index < -0.39 is 0 Å². The molecule has 10 nitrogen and oxygen atoms in total. The first-order valence-corrected chi connectivity index (χ1v) is 10.9. The fraction of sp³-hybridized carbons (Fsp3) is 0.136. The van der Waals surface area contributed by atoms with E-state index in [0.717, 1.165) is 26.9 Å². The first-order valence-electron chi connectivity index (χ1n) is 10.0. The molecule has 11 heteroatoms. The fourth-order valence-electron chi connectivity index (χ4n) is 3.82. The van der Waals surface area contributed by atoms with Crippen LogP contribution >= 0.6 is 11.8 Å². The number of aryl methyl sites for hydroxylation is 1. The molecule has 1 amide bonds. The van der Waals surface area contributed by atoms with Crippen molar-refractivity contribution in [1.82, 2.24) is 29.4 Å². The quantitative estimate of drug-likeness (QED) is 0.439. The minimum Gasteiger partial charge on any atom is -0.504 e. The van der Waals surface area contributed by atoms with Crippen LogP contribution in [-0.2, 0) is 11.8 Å². The zero-order chi connectivity index (χ0) is 22.7. The average Bonchev–Trinajstić information content (AvgIpc) is 3.42. The number of amides is 1. The summed E-state index contributed by atoms with van der Waals surface area (Å²) in [4.78, 5) is 18.9. The molecule has 0 atom stereocenters. The third kappa shape index (κ3) is 3.16. The van der Waals surface area contributed by atoms with E-state index in [2.05, 4.69) is 20.3 Å². The molecule has 1 aromatic carbocycles. The maximum atomic E-state index is 12.0. The summed E-state index contributed by atoms with van der Waals surface area (Å²) in [7, 11) is 3.55. The molecule has 1 N–H and O–H groups in total. The van der Waals surface area contributed by atoms with Gasteiger partial charge in [0.15, 0.2) is 18.1 Å².